The zero-order valence-corrected chi connectivity index (χ0v) is 22.5. The van der Waals surface area contributed by atoms with Crippen LogP contribution >= 0.6 is 0 Å². The average molecular weight is 534 g/mol. The van der Waals surface area contributed by atoms with E-state index in [1.807, 2.05) is 91.9 Å². The van der Waals surface area contributed by atoms with Crippen molar-refractivity contribution in [3.05, 3.63) is 137 Å². The third kappa shape index (κ3) is 6.04. The normalized spacial score (nSPS) is 16.4. The Morgan fingerprint density at radius 2 is 1.52 bits per heavy atom. The maximum Gasteiger partial charge on any atom is 0.411 e. The topological polar surface area (TPSA) is 79.0 Å². The van der Waals surface area contributed by atoms with Crippen LogP contribution in [0.5, 0.6) is 0 Å². The lowest BCUT2D eigenvalue weighted by Crippen LogP contribution is -2.46. The highest BCUT2D eigenvalue weighted by atomic mass is 16.6. The second-order valence-corrected chi connectivity index (χ2v) is 9.99. The lowest BCUT2D eigenvalue weighted by atomic mass is 9.99. The van der Waals surface area contributed by atoms with E-state index in [2.05, 4.69) is 5.32 Å². The lowest BCUT2D eigenvalue weighted by Gasteiger charge is -2.28. The van der Waals surface area contributed by atoms with Gasteiger partial charge in [-0.15, -0.1) is 0 Å². The number of carbonyl (C=O) groups excluding carboxylic acids is 3. The van der Waals surface area contributed by atoms with Crippen LogP contribution in [0.15, 0.2) is 109 Å². The maximum atomic E-state index is 13.9. The monoisotopic (exact) mass is 533 g/mol. The fourth-order valence-electron chi connectivity index (χ4n) is 4.92. The fraction of sp³-hybridized carbons (Fsp3) is 0.182. The minimum absolute atomic E-state index is 0.232. The Labute approximate surface area is 234 Å². The molecular formula is C33H31N3O4. The first-order valence-electron chi connectivity index (χ1n) is 13.2. The van der Waals surface area contributed by atoms with Gasteiger partial charge in [-0.05, 0) is 47.9 Å². The molecule has 0 spiro atoms. The van der Waals surface area contributed by atoms with Gasteiger partial charge in [-0.1, -0.05) is 90.5 Å². The van der Waals surface area contributed by atoms with Crippen molar-refractivity contribution in [2.75, 3.05) is 12.4 Å². The van der Waals surface area contributed by atoms with Gasteiger partial charge >= 0.3 is 6.09 Å². The first kappa shape index (κ1) is 26.7. The van der Waals surface area contributed by atoms with Crippen LogP contribution in [0.2, 0.25) is 0 Å². The van der Waals surface area contributed by atoms with Crippen LogP contribution in [0.3, 0.4) is 0 Å². The molecule has 4 aromatic carbocycles. The Morgan fingerprint density at radius 3 is 2.23 bits per heavy atom. The van der Waals surface area contributed by atoms with Crippen molar-refractivity contribution in [1.29, 1.82) is 0 Å². The van der Waals surface area contributed by atoms with Crippen LogP contribution in [0.1, 0.15) is 38.7 Å². The average Bonchev–Trinajstić information content (AvgIpc) is 3.29. The number of likely N-dealkylation sites (N-methyl/N-ethyl adjacent to an activating group) is 1. The summed E-state index contributed by atoms with van der Waals surface area (Å²) in [6.45, 7) is 2.55. The maximum absolute atomic E-state index is 13.9. The van der Waals surface area contributed by atoms with Crippen LogP contribution in [0.25, 0.3) is 0 Å². The van der Waals surface area contributed by atoms with Crippen molar-refractivity contribution in [3.8, 4) is 0 Å². The van der Waals surface area contributed by atoms with E-state index in [-0.39, 0.29) is 18.4 Å². The molecule has 5 rings (SSSR count). The molecule has 4 aromatic rings. The number of hydrogen-bond acceptors (Lipinski definition) is 4. The van der Waals surface area contributed by atoms with Gasteiger partial charge in [0.15, 0.2) is 12.1 Å². The number of hydrogen-bond donors (Lipinski definition) is 1. The van der Waals surface area contributed by atoms with Gasteiger partial charge < -0.3 is 15.0 Å². The number of ether oxygens (including phenoxy) is 1. The molecule has 0 aliphatic carbocycles. The summed E-state index contributed by atoms with van der Waals surface area (Å²) in [5, 5.41) is 2.92. The number of carbonyl (C=O) groups is 3. The predicted octanol–water partition coefficient (Wildman–Crippen LogP) is 5.97. The summed E-state index contributed by atoms with van der Waals surface area (Å²) in [4.78, 5) is 43.1. The molecule has 0 radical (unpaired) electrons. The van der Waals surface area contributed by atoms with Gasteiger partial charge in [-0.25, -0.2) is 4.79 Å². The van der Waals surface area contributed by atoms with Gasteiger partial charge in [0.05, 0.1) is 6.54 Å². The third-order valence-corrected chi connectivity index (χ3v) is 6.93. The lowest BCUT2D eigenvalue weighted by molar-refractivity contribution is -0.136. The highest BCUT2D eigenvalue weighted by Gasteiger charge is 2.48. The second-order valence-electron chi connectivity index (χ2n) is 9.99. The molecule has 1 heterocycles. The van der Waals surface area contributed by atoms with Crippen LogP contribution in [0.4, 0.5) is 10.5 Å². The first-order chi connectivity index (χ1) is 19.4. The third-order valence-electron chi connectivity index (χ3n) is 6.93. The van der Waals surface area contributed by atoms with Crippen molar-refractivity contribution in [1.82, 2.24) is 9.80 Å². The van der Waals surface area contributed by atoms with E-state index in [9.17, 15) is 14.4 Å². The van der Waals surface area contributed by atoms with Crippen molar-refractivity contribution in [2.45, 2.75) is 32.2 Å². The molecule has 1 aliphatic heterocycles. The SMILES string of the molecule is Cc1cccc(C(=O)Nc2cccc(C3OC(=O)N(Cc4ccccc4)C3C(=O)N(C)Cc3ccccc3)c2)c1. The number of nitrogens with one attached hydrogen (secondary N) is 1. The molecule has 1 saturated heterocycles. The molecule has 0 bridgehead atoms. The van der Waals surface area contributed by atoms with E-state index in [4.69, 9.17) is 4.74 Å². The zero-order chi connectivity index (χ0) is 28.1. The molecule has 0 aromatic heterocycles. The van der Waals surface area contributed by atoms with Crippen molar-refractivity contribution < 1.29 is 19.1 Å². The number of cyclic esters (lactones) is 1. The second kappa shape index (κ2) is 11.9. The number of benzene rings is 4. The van der Waals surface area contributed by atoms with E-state index in [0.29, 0.717) is 23.4 Å². The van der Waals surface area contributed by atoms with Crippen LogP contribution in [-0.2, 0) is 22.6 Å². The Morgan fingerprint density at radius 1 is 0.850 bits per heavy atom. The van der Waals surface area contributed by atoms with Gasteiger partial charge in [0.25, 0.3) is 5.91 Å². The van der Waals surface area contributed by atoms with Gasteiger partial charge in [0, 0.05) is 24.8 Å². The number of rotatable bonds is 8. The van der Waals surface area contributed by atoms with Crippen molar-refractivity contribution in [3.63, 3.8) is 0 Å². The molecule has 40 heavy (non-hydrogen) atoms. The van der Waals surface area contributed by atoms with Gasteiger partial charge in [-0.3, -0.25) is 14.5 Å². The zero-order valence-electron chi connectivity index (χ0n) is 22.5. The standard InChI is InChI=1S/C33H31N3O4/c1-23-11-9-17-27(19-23)31(37)34-28-18-10-16-26(20-28)30-29(32(38)35(2)21-24-12-5-3-6-13-24)36(33(39)40-30)22-25-14-7-4-8-15-25/h3-20,29-30H,21-22H2,1-2H3,(H,34,37). The largest absolute Gasteiger partial charge is 0.438 e. The Hall–Kier alpha value is -4.91. The molecule has 7 heteroatoms. The summed E-state index contributed by atoms with van der Waals surface area (Å²) in [6, 6.07) is 32.8. The highest BCUT2D eigenvalue weighted by Crippen LogP contribution is 2.36. The Balaban J connectivity index is 1.43. The summed E-state index contributed by atoms with van der Waals surface area (Å²) in [5.41, 5.74) is 4.57. The minimum Gasteiger partial charge on any atom is -0.438 e. The van der Waals surface area contributed by atoms with E-state index >= 15 is 0 Å². The fourth-order valence-corrected chi connectivity index (χ4v) is 4.92. The number of anilines is 1. The van der Waals surface area contributed by atoms with Crippen molar-refractivity contribution >= 4 is 23.6 Å². The van der Waals surface area contributed by atoms with Crippen LogP contribution in [0, 0.1) is 6.92 Å². The number of aryl methyl sites for hydroxylation is 1. The molecule has 1 aliphatic rings. The summed E-state index contributed by atoms with van der Waals surface area (Å²) in [5.74, 6) is -0.477. The highest BCUT2D eigenvalue weighted by molar-refractivity contribution is 6.04. The molecule has 7 nitrogen and oxygen atoms in total. The molecular weight excluding hydrogens is 502 g/mol. The molecule has 3 amide bonds. The van der Waals surface area contributed by atoms with Crippen molar-refractivity contribution in [2.24, 2.45) is 0 Å². The van der Waals surface area contributed by atoms with E-state index in [1.165, 1.54) is 4.90 Å². The molecule has 1 fully saturated rings. The van der Waals surface area contributed by atoms with Gasteiger partial charge in [0.1, 0.15) is 0 Å². The Bertz CT molecular complexity index is 1510. The molecule has 0 saturated carbocycles. The summed E-state index contributed by atoms with van der Waals surface area (Å²) in [7, 11) is 1.73. The Kier molecular flexibility index (Phi) is 7.92. The number of nitrogens with zero attached hydrogens (tertiary/aromatic N) is 2. The van der Waals surface area contributed by atoms with Gasteiger partial charge in [-0.2, -0.15) is 0 Å². The van der Waals surface area contributed by atoms with E-state index < -0.39 is 18.2 Å². The predicted molar refractivity (Wildman–Crippen MR) is 153 cm³/mol. The first-order valence-corrected chi connectivity index (χ1v) is 13.2. The quantitative estimate of drug-likeness (QED) is 0.303. The summed E-state index contributed by atoms with van der Waals surface area (Å²) < 4.78 is 5.85. The van der Waals surface area contributed by atoms with E-state index in [0.717, 1.165) is 16.7 Å². The minimum atomic E-state index is -0.885. The summed E-state index contributed by atoms with van der Waals surface area (Å²) >= 11 is 0. The smallest absolute Gasteiger partial charge is 0.411 e. The molecule has 2 unspecified atom stereocenters. The molecule has 202 valence electrons. The summed E-state index contributed by atoms with van der Waals surface area (Å²) in [6.07, 6.45) is -1.41. The van der Waals surface area contributed by atoms with Crippen LogP contribution in [-0.4, -0.2) is 40.8 Å². The molecule has 1 N–H and O–H groups in total. The van der Waals surface area contributed by atoms with Gasteiger partial charge in [0.2, 0.25) is 5.91 Å². The van der Waals surface area contributed by atoms with E-state index in [1.54, 1.807) is 36.2 Å². The molecule has 2 atom stereocenters. The number of amides is 3. The van der Waals surface area contributed by atoms with Crippen LogP contribution < -0.4 is 5.32 Å².